The third kappa shape index (κ3) is 4.43. The molecule has 0 bridgehead atoms. The molecular weight excluding hydrogens is 335 g/mol. The zero-order valence-electron chi connectivity index (χ0n) is 11.0. The topological polar surface area (TPSA) is 78.4 Å². The van der Waals surface area contributed by atoms with Gasteiger partial charge in [-0.3, -0.25) is 0 Å². The van der Waals surface area contributed by atoms with Gasteiger partial charge in [-0.05, 0) is 30.7 Å². The molecule has 0 spiro atoms. The highest BCUT2D eigenvalue weighted by Crippen LogP contribution is 2.32. The van der Waals surface area contributed by atoms with E-state index in [0.717, 1.165) is 12.2 Å². The van der Waals surface area contributed by atoms with Crippen LogP contribution >= 0.6 is 35.0 Å². The van der Waals surface area contributed by atoms with Crippen molar-refractivity contribution < 1.29 is 14.7 Å². The molecule has 1 fully saturated rings. The van der Waals surface area contributed by atoms with Crippen LogP contribution in [0.2, 0.25) is 10.0 Å². The molecule has 0 radical (unpaired) electrons. The highest BCUT2D eigenvalue weighted by atomic mass is 35.5. The Morgan fingerprint density at radius 3 is 2.52 bits per heavy atom. The summed E-state index contributed by atoms with van der Waals surface area (Å²) in [6.07, 6.45) is 2.27. The maximum atomic E-state index is 11.8. The minimum atomic E-state index is -1.13. The summed E-state index contributed by atoms with van der Waals surface area (Å²) in [7, 11) is 0. The number of nitrogens with one attached hydrogen (secondary N) is 2. The molecule has 1 aliphatic heterocycles. The second kappa shape index (κ2) is 7.24. The Hall–Kier alpha value is -1.11. The van der Waals surface area contributed by atoms with Crippen molar-refractivity contribution in [3.8, 4) is 0 Å². The number of hydrogen-bond acceptors (Lipinski definition) is 3. The number of rotatable bonds is 4. The summed E-state index contributed by atoms with van der Waals surface area (Å²) in [6, 6.07) is 2.09. The number of carbonyl (C=O) groups is 2. The van der Waals surface area contributed by atoms with E-state index >= 15 is 0 Å². The van der Waals surface area contributed by atoms with Crippen LogP contribution in [0.1, 0.15) is 23.2 Å². The predicted octanol–water partition coefficient (Wildman–Crippen LogP) is 3.71. The summed E-state index contributed by atoms with van der Waals surface area (Å²) < 4.78 is 0. The first-order valence-corrected chi connectivity index (χ1v) is 8.16. The van der Waals surface area contributed by atoms with Gasteiger partial charge < -0.3 is 15.7 Å². The molecule has 0 saturated carbocycles. The smallest absolute Gasteiger partial charge is 0.335 e. The van der Waals surface area contributed by atoms with Crippen LogP contribution in [-0.2, 0) is 0 Å². The zero-order chi connectivity index (χ0) is 15.4. The van der Waals surface area contributed by atoms with Crippen molar-refractivity contribution in [2.24, 2.45) is 0 Å². The van der Waals surface area contributed by atoms with Gasteiger partial charge in [0.2, 0.25) is 0 Å². The summed E-state index contributed by atoms with van der Waals surface area (Å²) in [5, 5.41) is 14.8. The number of thioether (sulfide) groups is 1. The van der Waals surface area contributed by atoms with Crippen LogP contribution < -0.4 is 10.6 Å². The average Bonchev–Trinajstić information content (AvgIpc) is 2.93. The highest BCUT2D eigenvalue weighted by Gasteiger charge is 2.18. The quantitative estimate of drug-likeness (QED) is 0.774. The van der Waals surface area contributed by atoms with Crippen LogP contribution in [0.5, 0.6) is 0 Å². The molecule has 114 valence electrons. The number of halogens is 2. The van der Waals surface area contributed by atoms with E-state index in [1.54, 1.807) is 0 Å². The first-order valence-electron chi connectivity index (χ1n) is 6.36. The fraction of sp³-hybridized carbons (Fsp3) is 0.385. The van der Waals surface area contributed by atoms with Gasteiger partial charge in [0.05, 0.1) is 21.3 Å². The zero-order valence-corrected chi connectivity index (χ0v) is 13.3. The van der Waals surface area contributed by atoms with Gasteiger partial charge in [-0.15, -0.1) is 0 Å². The number of carbonyl (C=O) groups excluding carboxylic acids is 1. The molecule has 2 amide bonds. The van der Waals surface area contributed by atoms with E-state index in [4.69, 9.17) is 28.3 Å². The summed E-state index contributed by atoms with van der Waals surface area (Å²) in [5.74, 6) is -0.00417. The fourth-order valence-corrected chi connectivity index (χ4v) is 3.77. The lowest BCUT2D eigenvalue weighted by molar-refractivity contribution is 0.0697. The van der Waals surface area contributed by atoms with Gasteiger partial charge in [0.25, 0.3) is 0 Å². The van der Waals surface area contributed by atoms with Crippen LogP contribution in [-0.4, -0.2) is 34.7 Å². The van der Waals surface area contributed by atoms with Crippen molar-refractivity contribution in [2.75, 3.05) is 17.6 Å². The minimum Gasteiger partial charge on any atom is -0.478 e. The molecule has 2 rings (SSSR count). The van der Waals surface area contributed by atoms with E-state index in [1.807, 2.05) is 11.8 Å². The standard InChI is InChI=1S/C13H14Cl2N2O3S/c14-9-4-7(12(18)19)5-10(15)11(9)17-13(20)16-6-8-2-1-3-21-8/h4-5,8H,1-3,6H2,(H,18,19)(H2,16,17,20). The van der Waals surface area contributed by atoms with Gasteiger partial charge in [0, 0.05) is 11.8 Å². The summed E-state index contributed by atoms with van der Waals surface area (Å²) in [5.41, 5.74) is 0.179. The van der Waals surface area contributed by atoms with E-state index in [2.05, 4.69) is 10.6 Å². The Kier molecular flexibility index (Phi) is 5.61. The number of amides is 2. The third-order valence-corrected chi connectivity index (χ3v) is 5.04. The van der Waals surface area contributed by atoms with Crippen LogP contribution in [0.4, 0.5) is 10.5 Å². The Balaban J connectivity index is 1.98. The van der Waals surface area contributed by atoms with E-state index in [1.165, 1.54) is 18.6 Å². The summed E-state index contributed by atoms with van der Waals surface area (Å²) >= 11 is 13.8. The SMILES string of the molecule is O=C(NCC1CCCS1)Nc1c(Cl)cc(C(=O)O)cc1Cl. The predicted molar refractivity (Wildman–Crippen MR) is 85.9 cm³/mol. The molecule has 1 aromatic rings. The molecule has 0 aliphatic carbocycles. The lowest BCUT2D eigenvalue weighted by atomic mass is 10.2. The number of carboxylic acids is 1. The maximum absolute atomic E-state index is 11.8. The van der Waals surface area contributed by atoms with Crippen LogP contribution in [0.25, 0.3) is 0 Å². The van der Waals surface area contributed by atoms with Gasteiger partial charge in [-0.1, -0.05) is 23.2 Å². The van der Waals surface area contributed by atoms with Crippen LogP contribution in [0.15, 0.2) is 12.1 Å². The van der Waals surface area contributed by atoms with Crippen molar-refractivity contribution >= 4 is 52.7 Å². The molecule has 1 atom stereocenters. The number of carboxylic acid groups (broad SMARTS) is 1. The van der Waals surface area contributed by atoms with E-state index in [9.17, 15) is 9.59 Å². The fourth-order valence-electron chi connectivity index (χ4n) is 1.99. The highest BCUT2D eigenvalue weighted by molar-refractivity contribution is 8.00. The minimum absolute atomic E-state index is 0.0293. The van der Waals surface area contributed by atoms with Crippen molar-refractivity contribution in [3.63, 3.8) is 0 Å². The van der Waals surface area contributed by atoms with Gasteiger partial charge >= 0.3 is 12.0 Å². The lowest BCUT2D eigenvalue weighted by Gasteiger charge is -2.13. The number of benzene rings is 1. The molecule has 5 nitrogen and oxygen atoms in total. The number of anilines is 1. The Morgan fingerprint density at radius 2 is 2.00 bits per heavy atom. The number of aromatic carboxylic acids is 1. The molecule has 8 heteroatoms. The first-order chi connectivity index (χ1) is 9.97. The van der Waals surface area contributed by atoms with E-state index in [0.29, 0.717) is 11.8 Å². The second-order valence-corrected chi connectivity index (χ2v) is 6.81. The third-order valence-electron chi connectivity index (χ3n) is 3.04. The molecule has 1 unspecified atom stereocenters. The summed E-state index contributed by atoms with van der Waals surface area (Å²) in [4.78, 5) is 22.7. The van der Waals surface area contributed by atoms with Crippen molar-refractivity contribution in [1.82, 2.24) is 5.32 Å². The maximum Gasteiger partial charge on any atom is 0.335 e. The molecule has 0 aromatic heterocycles. The van der Waals surface area contributed by atoms with E-state index < -0.39 is 12.0 Å². The first kappa shape index (κ1) is 16.3. The molecule has 1 aliphatic rings. The van der Waals surface area contributed by atoms with Crippen LogP contribution in [0, 0.1) is 0 Å². The van der Waals surface area contributed by atoms with Gasteiger partial charge in [-0.25, -0.2) is 9.59 Å². The Labute approximate surface area is 136 Å². The molecular formula is C13H14Cl2N2O3S. The van der Waals surface area contributed by atoms with Crippen LogP contribution in [0.3, 0.4) is 0 Å². The molecule has 21 heavy (non-hydrogen) atoms. The van der Waals surface area contributed by atoms with Crippen molar-refractivity contribution in [2.45, 2.75) is 18.1 Å². The van der Waals surface area contributed by atoms with Gasteiger partial charge in [-0.2, -0.15) is 11.8 Å². The monoisotopic (exact) mass is 348 g/mol. The molecule has 3 N–H and O–H groups in total. The molecule has 1 saturated heterocycles. The van der Waals surface area contributed by atoms with Gasteiger partial charge in [0.15, 0.2) is 0 Å². The van der Waals surface area contributed by atoms with Crippen molar-refractivity contribution in [1.29, 1.82) is 0 Å². The average molecular weight is 349 g/mol. The normalized spacial score (nSPS) is 17.5. The lowest BCUT2D eigenvalue weighted by Crippen LogP contribution is -2.33. The number of hydrogen-bond donors (Lipinski definition) is 3. The molecule has 1 heterocycles. The Morgan fingerprint density at radius 1 is 1.33 bits per heavy atom. The summed E-state index contributed by atoms with van der Waals surface area (Å²) in [6.45, 7) is 0.582. The van der Waals surface area contributed by atoms with Crippen molar-refractivity contribution in [3.05, 3.63) is 27.7 Å². The largest absolute Gasteiger partial charge is 0.478 e. The number of urea groups is 1. The second-order valence-electron chi connectivity index (χ2n) is 4.59. The molecule has 1 aromatic carbocycles. The van der Waals surface area contributed by atoms with E-state index in [-0.39, 0.29) is 21.3 Å². The Bertz CT molecular complexity index is 539. The van der Waals surface area contributed by atoms with Gasteiger partial charge in [0.1, 0.15) is 0 Å².